The van der Waals surface area contributed by atoms with Gasteiger partial charge in [-0.2, -0.15) is 10.5 Å². The van der Waals surface area contributed by atoms with Gasteiger partial charge in [-0.3, -0.25) is 4.79 Å². The highest BCUT2D eigenvalue weighted by atomic mass is 16.1. The van der Waals surface area contributed by atoms with Crippen molar-refractivity contribution in [3.63, 3.8) is 0 Å². The molecule has 0 amide bonds. The summed E-state index contributed by atoms with van der Waals surface area (Å²) in [7, 11) is 0. The number of nitrogens with zero attached hydrogens (tertiary/aromatic N) is 4. The van der Waals surface area contributed by atoms with Crippen LogP contribution in [0.5, 0.6) is 0 Å². The van der Waals surface area contributed by atoms with Crippen LogP contribution in [0.2, 0.25) is 0 Å². The van der Waals surface area contributed by atoms with Gasteiger partial charge in [-0.05, 0) is 35.8 Å². The fourth-order valence-electron chi connectivity index (χ4n) is 2.30. The Morgan fingerprint density at radius 3 is 3.10 bits per heavy atom. The van der Waals surface area contributed by atoms with Gasteiger partial charge in [0.15, 0.2) is 5.78 Å². The number of carbonyl (C=O) groups excluding carboxylic acids is 1. The molecule has 2 aromatic rings. The van der Waals surface area contributed by atoms with Crippen molar-refractivity contribution in [2.75, 3.05) is 5.32 Å². The molecule has 0 unspecified atom stereocenters. The monoisotopic (exact) mass is 280 g/mol. The number of nitriles is 1. The van der Waals surface area contributed by atoms with Crippen LogP contribution in [-0.4, -0.2) is 26.4 Å². The molecule has 21 heavy (non-hydrogen) atoms. The van der Waals surface area contributed by atoms with E-state index in [1.54, 1.807) is 0 Å². The van der Waals surface area contributed by atoms with E-state index < -0.39 is 0 Å². The number of fused-ring (bicyclic) bond motifs is 1. The standard InChI is InChI=1S/C14H12N6O/c15-7-10(14-17-19-20-18-14)8-16-11-5-4-9-2-1-3-13(21)12(9)6-11/h4-6,8,16H,1-3H2,(H,17,18,19,20). The van der Waals surface area contributed by atoms with Crippen molar-refractivity contribution in [2.24, 2.45) is 0 Å². The third-order valence-corrected chi connectivity index (χ3v) is 3.35. The first-order chi connectivity index (χ1) is 10.3. The van der Waals surface area contributed by atoms with Gasteiger partial charge in [0.1, 0.15) is 11.6 Å². The first-order valence-corrected chi connectivity index (χ1v) is 6.54. The molecule has 0 atom stereocenters. The van der Waals surface area contributed by atoms with E-state index >= 15 is 0 Å². The molecular weight excluding hydrogens is 268 g/mol. The third kappa shape index (κ3) is 2.65. The van der Waals surface area contributed by atoms with Crippen LogP contribution in [0.15, 0.2) is 24.4 Å². The normalized spacial score (nSPS) is 14.4. The minimum absolute atomic E-state index is 0.169. The van der Waals surface area contributed by atoms with Crippen LogP contribution in [0.25, 0.3) is 5.57 Å². The summed E-state index contributed by atoms with van der Waals surface area (Å²) in [6.45, 7) is 0. The molecule has 0 fully saturated rings. The SMILES string of the molecule is N#CC(=CNc1ccc2c(c1)C(=O)CCC2)c1nn[nH]n1. The van der Waals surface area contributed by atoms with E-state index in [0.29, 0.717) is 6.42 Å². The number of hydrogen-bond acceptors (Lipinski definition) is 6. The number of aryl methyl sites for hydroxylation is 1. The summed E-state index contributed by atoms with van der Waals surface area (Å²) in [4.78, 5) is 11.9. The smallest absolute Gasteiger partial charge is 0.216 e. The molecular formula is C14H12N6O. The zero-order valence-corrected chi connectivity index (χ0v) is 11.1. The summed E-state index contributed by atoms with van der Waals surface area (Å²) in [5.41, 5.74) is 2.85. The highest BCUT2D eigenvalue weighted by Crippen LogP contribution is 2.24. The van der Waals surface area contributed by atoms with Crippen molar-refractivity contribution in [3.8, 4) is 6.07 Å². The number of tetrazole rings is 1. The van der Waals surface area contributed by atoms with Gasteiger partial charge < -0.3 is 5.32 Å². The maximum absolute atomic E-state index is 11.9. The zero-order chi connectivity index (χ0) is 14.7. The summed E-state index contributed by atoms with van der Waals surface area (Å²) in [5.74, 6) is 0.390. The van der Waals surface area contributed by atoms with Crippen LogP contribution < -0.4 is 5.32 Å². The number of ketones is 1. The Kier molecular flexibility index (Phi) is 3.43. The number of aromatic amines is 1. The molecule has 0 bridgehead atoms. The molecule has 1 aliphatic rings. The molecule has 1 aliphatic carbocycles. The first kappa shape index (κ1) is 13.0. The summed E-state index contributed by atoms with van der Waals surface area (Å²) < 4.78 is 0. The number of Topliss-reactive ketones (excluding diaryl/α,β-unsaturated/α-hetero) is 1. The molecule has 0 radical (unpaired) electrons. The number of rotatable bonds is 3. The fourth-order valence-corrected chi connectivity index (χ4v) is 2.30. The Bertz CT molecular complexity index is 741. The van der Waals surface area contributed by atoms with Gasteiger partial charge in [0.25, 0.3) is 0 Å². The van der Waals surface area contributed by atoms with Gasteiger partial charge in [-0.25, -0.2) is 0 Å². The van der Waals surface area contributed by atoms with Crippen molar-refractivity contribution in [2.45, 2.75) is 19.3 Å². The van der Waals surface area contributed by atoms with E-state index in [-0.39, 0.29) is 17.2 Å². The molecule has 7 nitrogen and oxygen atoms in total. The van der Waals surface area contributed by atoms with Crippen LogP contribution in [0.3, 0.4) is 0 Å². The number of hydrogen-bond donors (Lipinski definition) is 2. The molecule has 0 spiro atoms. The van der Waals surface area contributed by atoms with Crippen molar-refractivity contribution in [1.82, 2.24) is 20.6 Å². The maximum atomic E-state index is 11.9. The zero-order valence-electron chi connectivity index (χ0n) is 11.1. The molecule has 3 rings (SSSR count). The number of benzene rings is 1. The van der Waals surface area contributed by atoms with Gasteiger partial charge in [-0.1, -0.05) is 6.07 Å². The number of nitrogens with one attached hydrogen (secondary N) is 2. The number of carbonyl (C=O) groups is 1. The van der Waals surface area contributed by atoms with E-state index in [0.717, 1.165) is 29.7 Å². The summed E-state index contributed by atoms with van der Waals surface area (Å²) >= 11 is 0. The van der Waals surface area contributed by atoms with Crippen LogP contribution >= 0.6 is 0 Å². The second-order valence-corrected chi connectivity index (χ2v) is 4.70. The molecule has 104 valence electrons. The van der Waals surface area contributed by atoms with Crippen LogP contribution in [0.4, 0.5) is 5.69 Å². The minimum Gasteiger partial charge on any atom is -0.360 e. The predicted molar refractivity (Wildman–Crippen MR) is 75.1 cm³/mol. The first-order valence-electron chi connectivity index (χ1n) is 6.54. The second-order valence-electron chi connectivity index (χ2n) is 4.70. The Balaban J connectivity index is 1.84. The van der Waals surface area contributed by atoms with Gasteiger partial charge in [-0.15, -0.1) is 10.2 Å². The molecule has 0 aliphatic heterocycles. The lowest BCUT2D eigenvalue weighted by atomic mass is 9.90. The van der Waals surface area contributed by atoms with Crippen molar-refractivity contribution >= 4 is 17.0 Å². The lowest BCUT2D eigenvalue weighted by Crippen LogP contribution is -2.10. The Hall–Kier alpha value is -3.01. The maximum Gasteiger partial charge on any atom is 0.216 e. The number of anilines is 1. The lowest BCUT2D eigenvalue weighted by molar-refractivity contribution is 0.0972. The van der Waals surface area contributed by atoms with E-state index in [1.807, 2.05) is 24.3 Å². The fraction of sp³-hybridized carbons (Fsp3) is 0.214. The minimum atomic E-state index is 0.169. The van der Waals surface area contributed by atoms with Gasteiger partial charge in [0.05, 0.1) is 0 Å². The van der Waals surface area contributed by atoms with E-state index in [4.69, 9.17) is 5.26 Å². The average Bonchev–Trinajstić information content (AvgIpc) is 3.03. The van der Waals surface area contributed by atoms with Crippen molar-refractivity contribution in [3.05, 3.63) is 41.4 Å². The third-order valence-electron chi connectivity index (χ3n) is 3.35. The van der Waals surface area contributed by atoms with Crippen molar-refractivity contribution in [1.29, 1.82) is 5.26 Å². The van der Waals surface area contributed by atoms with Crippen molar-refractivity contribution < 1.29 is 4.79 Å². The van der Waals surface area contributed by atoms with Crippen LogP contribution in [-0.2, 0) is 6.42 Å². The Morgan fingerprint density at radius 2 is 2.33 bits per heavy atom. The molecule has 0 saturated carbocycles. The molecule has 0 saturated heterocycles. The van der Waals surface area contributed by atoms with E-state index in [9.17, 15) is 4.79 Å². The molecule has 1 heterocycles. The summed E-state index contributed by atoms with van der Waals surface area (Å²) in [5, 5.41) is 25.3. The summed E-state index contributed by atoms with van der Waals surface area (Å²) in [6.07, 6.45) is 3.94. The van der Waals surface area contributed by atoms with Gasteiger partial charge in [0, 0.05) is 23.9 Å². The topological polar surface area (TPSA) is 107 Å². The summed E-state index contributed by atoms with van der Waals surface area (Å²) in [6, 6.07) is 7.65. The molecule has 2 N–H and O–H groups in total. The molecule has 1 aromatic heterocycles. The predicted octanol–water partition coefficient (Wildman–Crippen LogP) is 1.70. The van der Waals surface area contributed by atoms with Crippen LogP contribution in [0, 0.1) is 11.3 Å². The second kappa shape index (κ2) is 5.54. The van der Waals surface area contributed by atoms with Gasteiger partial charge in [0.2, 0.25) is 5.82 Å². The van der Waals surface area contributed by atoms with Gasteiger partial charge >= 0.3 is 0 Å². The number of H-pyrrole nitrogens is 1. The largest absolute Gasteiger partial charge is 0.360 e. The average molecular weight is 280 g/mol. The van der Waals surface area contributed by atoms with E-state index in [2.05, 4.69) is 25.9 Å². The quantitative estimate of drug-likeness (QED) is 0.828. The van der Waals surface area contributed by atoms with E-state index in [1.165, 1.54) is 6.20 Å². The molecule has 7 heteroatoms. The van der Waals surface area contributed by atoms with Crippen LogP contribution in [0.1, 0.15) is 34.6 Å². The number of allylic oxidation sites excluding steroid dienone is 1. The number of aromatic nitrogens is 4. The Labute approximate surface area is 120 Å². The molecule has 1 aromatic carbocycles. The highest BCUT2D eigenvalue weighted by Gasteiger charge is 2.17. The Morgan fingerprint density at radius 1 is 1.43 bits per heavy atom. The lowest BCUT2D eigenvalue weighted by Gasteiger charge is -2.15. The highest BCUT2D eigenvalue weighted by molar-refractivity contribution is 5.99.